The van der Waals surface area contributed by atoms with Gasteiger partial charge in [0.1, 0.15) is 0 Å². The summed E-state index contributed by atoms with van der Waals surface area (Å²) in [6, 6.07) is 0. The van der Waals surface area contributed by atoms with E-state index in [0.717, 1.165) is 38.8 Å². The Morgan fingerprint density at radius 1 is 1.44 bits per heavy atom. The van der Waals surface area contributed by atoms with Gasteiger partial charge in [-0.1, -0.05) is 6.92 Å². The van der Waals surface area contributed by atoms with Gasteiger partial charge in [-0.3, -0.25) is 4.99 Å². The normalized spacial score (nSPS) is 24.4. The minimum absolute atomic E-state index is 0.421. The first-order valence-corrected chi connectivity index (χ1v) is 6.33. The number of ether oxygens (including phenoxy) is 1. The van der Waals surface area contributed by atoms with E-state index in [9.17, 15) is 0 Å². The highest BCUT2D eigenvalue weighted by atomic mass is 16.5. The summed E-state index contributed by atoms with van der Waals surface area (Å²) < 4.78 is 5.45. The molecule has 92 valence electrons. The maximum Gasteiger partial charge on any atom is 0.193 e. The molecular weight excluding hydrogens is 202 g/mol. The van der Waals surface area contributed by atoms with Crippen molar-refractivity contribution < 1.29 is 4.74 Å². The molecular formula is C12H23N3O. The molecule has 1 fully saturated rings. The van der Waals surface area contributed by atoms with E-state index in [1.807, 2.05) is 0 Å². The maximum absolute atomic E-state index is 5.45. The molecule has 0 amide bonds. The van der Waals surface area contributed by atoms with Crippen LogP contribution in [-0.2, 0) is 4.74 Å². The average molecular weight is 225 g/mol. The summed E-state index contributed by atoms with van der Waals surface area (Å²) in [7, 11) is 2.10. The summed E-state index contributed by atoms with van der Waals surface area (Å²) >= 11 is 0. The van der Waals surface area contributed by atoms with Crippen LogP contribution in [0.25, 0.3) is 0 Å². The molecule has 0 aromatic rings. The Labute approximate surface area is 98.1 Å². The highest BCUT2D eigenvalue weighted by Crippen LogP contribution is 2.33. The molecule has 2 rings (SSSR count). The predicted molar refractivity (Wildman–Crippen MR) is 65.7 cm³/mol. The second-order valence-corrected chi connectivity index (χ2v) is 4.95. The van der Waals surface area contributed by atoms with Gasteiger partial charge in [0.15, 0.2) is 5.96 Å². The summed E-state index contributed by atoms with van der Waals surface area (Å²) in [6.07, 6.45) is 3.57. The fourth-order valence-electron chi connectivity index (χ4n) is 2.45. The van der Waals surface area contributed by atoms with Crippen molar-refractivity contribution in [1.29, 1.82) is 0 Å². The SMILES string of the molecule is CCC1(CNC2=NCCN2C)CCOCC1. The minimum Gasteiger partial charge on any atom is -0.381 e. The molecule has 4 heteroatoms. The van der Waals surface area contributed by atoms with Crippen LogP contribution in [0.3, 0.4) is 0 Å². The zero-order chi connectivity index (χ0) is 11.4. The highest BCUT2D eigenvalue weighted by Gasteiger charge is 2.31. The molecule has 1 N–H and O–H groups in total. The molecule has 0 unspecified atom stereocenters. The van der Waals surface area contributed by atoms with Crippen LogP contribution in [0.1, 0.15) is 26.2 Å². The summed E-state index contributed by atoms with van der Waals surface area (Å²) in [6.45, 7) is 7.13. The molecule has 0 aromatic carbocycles. The molecule has 2 aliphatic heterocycles. The number of nitrogens with zero attached hydrogens (tertiary/aromatic N) is 2. The van der Waals surface area contributed by atoms with Gasteiger partial charge in [0.05, 0.1) is 6.54 Å². The maximum atomic E-state index is 5.45. The van der Waals surface area contributed by atoms with Crippen LogP contribution in [-0.4, -0.2) is 50.8 Å². The van der Waals surface area contributed by atoms with Crippen molar-refractivity contribution in [3.63, 3.8) is 0 Å². The highest BCUT2D eigenvalue weighted by molar-refractivity contribution is 5.81. The molecule has 0 spiro atoms. The van der Waals surface area contributed by atoms with Crippen LogP contribution in [0, 0.1) is 5.41 Å². The van der Waals surface area contributed by atoms with E-state index in [1.165, 1.54) is 19.3 Å². The van der Waals surface area contributed by atoms with Crippen molar-refractivity contribution >= 4 is 5.96 Å². The fourth-order valence-corrected chi connectivity index (χ4v) is 2.45. The molecule has 2 heterocycles. The van der Waals surface area contributed by atoms with E-state index in [1.54, 1.807) is 0 Å². The Hall–Kier alpha value is -0.770. The number of aliphatic imine (C=N–C) groups is 1. The number of likely N-dealkylation sites (N-methyl/N-ethyl adjacent to an activating group) is 1. The third kappa shape index (κ3) is 2.48. The number of nitrogens with one attached hydrogen (secondary N) is 1. The smallest absolute Gasteiger partial charge is 0.193 e. The number of rotatable bonds is 3. The van der Waals surface area contributed by atoms with Crippen LogP contribution < -0.4 is 5.32 Å². The summed E-state index contributed by atoms with van der Waals surface area (Å²) in [5.74, 6) is 1.07. The Bertz CT molecular complexity index is 259. The van der Waals surface area contributed by atoms with Gasteiger partial charge in [-0.05, 0) is 24.7 Å². The van der Waals surface area contributed by atoms with Crippen LogP contribution in [0.5, 0.6) is 0 Å². The molecule has 0 aromatic heterocycles. The zero-order valence-electron chi connectivity index (χ0n) is 10.5. The van der Waals surface area contributed by atoms with Crippen LogP contribution in [0.2, 0.25) is 0 Å². The molecule has 0 radical (unpaired) electrons. The lowest BCUT2D eigenvalue weighted by molar-refractivity contribution is 0.0147. The quantitative estimate of drug-likeness (QED) is 0.781. The molecule has 4 nitrogen and oxygen atoms in total. The third-order valence-corrected chi connectivity index (χ3v) is 3.98. The number of guanidine groups is 1. The minimum atomic E-state index is 0.421. The monoisotopic (exact) mass is 225 g/mol. The lowest BCUT2D eigenvalue weighted by Crippen LogP contribution is -2.44. The molecule has 0 atom stereocenters. The Morgan fingerprint density at radius 3 is 2.75 bits per heavy atom. The van der Waals surface area contributed by atoms with Gasteiger partial charge in [0.25, 0.3) is 0 Å². The van der Waals surface area contributed by atoms with E-state index >= 15 is 0 Å². The van der Waals surface area contributed by atoms with Crippen LogP contribution >= 0.6 is 0 Å². The largest absolute Gasteiger partial charge is 0.381 e. The van der Waals surface area contributed by atoms with Crippen molar-refractivity contribution in [3.8, 4) is 0 Å². The topological polar surface area (TPSA) is 36.9 Å². The molecule has 0 aliphatic carbocycles. The standard InChI is InChI=1S/C12H23N3O/c1-3-12(4-8-16-9-5-12)10-14-11-13-6-7-15(11)2/h3-10H2,1-2H3,(H,13,14). The van der Waals surface area contributed by atoms with Crippen molar-refractivity contribution in [2.45, 2.75) is 26.2 Å². The van der Waals surface area contributed by atoms with E-state index < -0.39 is 0 Å². The van der Waals surface area contributed by atoms with Crippen LogP contribution in [0.4, 0.5) is 0 Å². The zero-order valence-corrected chi connectivity index (χ0v) is 10.5. The van der Waals surface area contributed by atoms with Gasteiger partial charge >= 0.3 is 0 Å². The lowest BCUT2D eigenvalue weighted by atomic mass is 9.78. The predicted octanol–water partition coefficient (Wildman–Crippen LogP) is 1.08. The Balaban J connectivity index is 1.87. The number of hydrogen-bond acceptors (Lipinski definition) is 4. The average Bonchev–Trinajstić information content (AvgIpc) is 2.74. The van der Waals surface area contributed by atoms with E-state index in [2.05, 4.69) is 29.2 Å². The summed E-state index contributed by atoms with van der Waals surface area (Å²) in [4.78, 5) is 6.66. The molecule has 0 saturated carbocycles. The molecule has 0 bridgehead atoms. The second-order valence-electron chi connectivity index (χ2n) is 4.95. The van der Waals surface area contributed by atoms with Crippen molar-refractivity contribution in [3.05, 3.63) is 0 Å². The van der Waals surface area contributed by atoms with Gasteiger partial charge in [0, 0.05) is 33.4 Å². The molecule has 16 heavy (non-hydrogen) atoms. The number of hydrogen-bond donors (Lipinski definition) is 1. The fraction of sp³-hybridized carbons (Fsp3) is 0.917. The first-order valence-electron chi connectivity index (χ1n) is 6.33. The molecule has 1 saturated heterocycles. The first kappa shape index (κ1) is 11.7. The van der Waals surface area contributed by atoms with E-state index in [-0.39, 0.29) is 0 Å². The third-order valence-electron chi connectivity index (χ3n) is 3.98. The van der Waals surface area contributed by atoms with Crippen molar-refractivity contribution in [2.75, 3.05) is 39.9 Å². The summed E-state index contributed by atoms with van der Waals surface area (Å²) in [5.41, 5.74) is 0.421. The van der Waals surface area contributed by atoms with Gasteiger partial charge in [0.2, 0.25) is 0 Å². The van der Waals surface area contributed by atoms with E-state index in [4.69, 9.17) is 4.74 Å². The first-order chi connectivity index (χ1) is 7.76. The van der Waals surface area contributed by atoms with E-state index in [0.29, 0.717) is 5.41 Å². The Morgan fingerprint density at radius 2 is 2.19 bits per heavy atom. The van der Waals surface area contributed by atoms with Crippen molar-refractivity contribution in [2.24, 2.45) is 10.4 Å². The van der Waals surface area contributed by atoms with Gasteiger partial charge in [-0.2, -0.15) is 0 Å². The van der Waals surface area contributed by atoms with Gasteiger partial charge < -0.3 is 15.0 Å². The lowest BCUT2D eigenvalue weighted by Gasteiger charge is -2.37. The summed E-state index contributed by atoms with van der Waals surface area (Å²) in [5, 5.41) is 3.51. The van der Waals surface area contributed by atoms with Gasteiger partial charge in [-0.25, -0.2) is 0 Å². The Kier molecular flexibility index (Phi) is 3.69. The second kappa shape index (κ2) is 5.04. The van der Waals surface area contributed by atoms with Gasteiger partial charge in [-0.15, -0.1) is 0 Å². The van der Waals surface area contributed by atoms with Crippen LogP contribution in [0.15, 0.2) is 4.99 Å². The van der Waals surface area contributed by atoms with Crippen molar-refractivity contribution in [1.82, 2.24) is 10.2 Å². The molecule has 2 aliphatic rings.